The molecule has 1 heterocycles. The molecule has 3 fully saturated rings. The van der Waals surface area contributed by atoms with E-state index in [0.717, 1.165) is 22.9 Å². The maximum atomic E-state index is 12.4. The van der Waals surface area contributed by atoms with Gasteiger partial charge in [-0.1, -0.05) is 15.9 Å². The van der Waals surface area contributed by atoms with Crippen LogP contribution in [0.3, 0.4) is 0 Å². The van der Waals surface area contributed by atoms with Crippen LogP contribution in [0, 0.1) is 30.6 Å². The van der Waals surface area contributed by atoms with Crippen LogP contribution in [0.25, 0.3) is 0 Å². The smallest absolute Gasteiger partial charge is 0.310 e. The van der Waals surface area contributed by atoms with Gasteiger partial charge in [-0.3, -0.25) is 14.4 Å². The molecule has 1 amide bonds. The van der Waals surface area contributed by atoms with Gasteiger partial charge in [0.15, 0.2) is 6.61 Å². The van der Waals surface area contributed by atoms with Crippen molar-refractivity contribution in [3.05, 3.63) is 28.2 Å². The Labute approximate surface area is 153 Å². The van der Waals surface area contributed by atoms with Crippen molar-refractivity contribution in [3.63, 3.8) is 0 Å². The van der Waals surface area contributed by atoms with Crippen molar-refractivity contribution < 1.29 is 23.9 Å². The summed E-state index contributed by atoms with van der Waals surface area (Å²) in [4.78, 5) is 36.4. The Morgan fingerprint density at radius 3 is 2.92 bits per heavy atom. The Balaban J connectivity index is 1.34. The van der Waals surface area contributed by atoms with E-state index in [9.17, 15) is 14.4 Å². The fourth-order valence-electron chi connectivity index (χ4n) is 4.48. The second-order valence-corrected chi connectivity index (χ2v) is 7.90. The molecule has 1 N–H and O–H groups in total. The Morgan fingerprint density at radius 1 is 1.36 bits per heavy atom. The van der Waals surface area contributed by atoms with E-state index >= 15 is 0 Å². The summed E-state index contributed by atoms with van der Waals surface area (Å²) in [6, 6.07) is 5.43. The molecular weight excluding hydrogens is 390 g/mol. The molecule has 6 nitrogen and oxygen atoms in total. The summed E-state index contributed by atoms with van der Waals surface area (Å²) in [6.45, 7) is 1.57. The molecule has 0 spiro atoms. The number of rotatable bonds is 4. The van der Waals surface area contributed by atoms with E-state index in [1.54, 1.807) is 6.07 Å². The summed E-state index contributed by atoms with van der Waals surface area (Å²) in [5, 5.41) is 2.70. The van der Waals surface area contributed by atoms with Gasteiger partial charge in [0.05, 0.1) is 11.8 Å². The number of halogens is 1. The third-order valence-corrected chi connectivity index (χ3v) is 6.43. The van der Waals surface area contributed by atoms with Crippen molar-refractivity contribution in [1.29, 1.82) is 0 Å². The minimum absolute atomic E-state index is 0.0181. The van der Waals surface area contributed by atoms with E-state index < -0.39 is 17.8 Å². The van der Waals surface area contributed by atoms with Gasteiger partial charge in [0.1, 0.15) is 6.10 Å². The van der Waals surface area contributed by atoms with Crippen LogP contribution < -0.4 is 5.32 Å². The topological polar surface area (TPSA) is 81.7 Å². The predicted molar refractivity (Wildman–Crippen MR) is 91.5 cm³/mol. The van der Waals surface area contributed by atoms with E-state index in [2.05, 4.69) is 21.2 Å². The summed E-state index contributed by atoms with van der Waals surface area (Å²) in [6.07, 6.45) is 1.55. The fraction of sp³-hybridized carbons (Fsp3) is 0.500. The molecule has 2 aliphatic carbocycles. The zero-order valence-corrected chi connectivity index (χ0v) is 15.2. The molecule has 1 aliphatic heterocycles. The first-order chi connectivity index (χ1) is 11.9. The molecule has 0 unspecified atom stereocenters. The standard InChI is InChI=1S/C18H18BrNO5/c1-8-4-10(2-3-12(8)19)20-14(21)7-24-17(22)15-9-5-11-13(6-9)25-18(23)16(11)15/h2-4,9,11,13,15-16H,5-7H2,1H3,(H,20,21)/t9-,11+,13-,15-,16-/m1/s1. The Bertz CT molecular complexity index is 762. The molecule has 5 atom stereocenters. The summed E-state index contributed by atoms with van der Waals surface area (Å²) in [5.74, 6) is -1.70. The van der Waals surface area contributed by atoms with Gasteiger partial charge in [-0.25, -0.2) is 0 Å². The van der Waals surface area contributed by atoms with Gasteiger partial charge in [-0.05, 0) is 49.4 Å². The van der Waals surface area contributed by atoms with E-state index in [-0.39, 0.29) is 36.4 Å². The average molecular weight is 408 g/mol. The average Bonchev–Trinajstić information content (AvgIpc) is 3.18. The number of benzene rings is 1. The highest BCUT2D eigenvalue weighted by molar-refractivity contribution is 9.10. The number of hydrogen-bond acceptors (Lipinski definition) is 5. The largest absolute Gasteiger partial charge is 0.462 e. The quantitative estimate of drug-likeness (QED) is 0.775. The van der Waals surface area contributed by atoms with Crippen LogP contribution in [-0.4, -0.2) is 30.6 Å². The van der Waals surface area contributed by atoms with Gasteiger partial charge < -0.3 is 14.8 Å². The number of aryl methyl sites for hydroxylation is 1. The third-order valence-electron chi connectivity index (χ3n) is 5.54. The van der Waals surface area contributed by atoms with Crippen LogP contribution in [-0.2, 0) is 23.9 Å². The lowest BCUT2D eigenvalue weighted by molar-refractivity contribution is -0.157. The first kappa shape index (κ1) is 16.6. The van der Waals surface area contributed by atoms with Crippen molar-refractivity contribution in [2.45, 2.75) is 25.9 Å². The van der Waals surface area contributed by atoms with Crippen molar-refractivity contribution in [3.8, 4) is 0 Å². The molecule has 132 valence electrons. The van der Waals surface area contributed by atoms with Crippen LogP contribution in [0.4, 0.5) is 5.69 Å². The number of carbonyl (C=O) groups excluding carboxylic acids is 3. The normalized spacial score (nSPS) is 31.8. The SMILES string of the molecule is Cc1cc(NC(=O)COC(=O)[C@@H]2[C@@H]3C[C@@H]4[C@H]2C(=O)O[C@@H]4C3)ccc1Br. The van der Waals surface area contributed by atoms with Crippen LogP contribution >= 0.6 is 15.9 Å². The number of nitrogens with one attached hydrogen (secondary N) is 1. The highest BCUT2D eigenvalue weighted by atomic mass is 79.9. The highest BCUT2D eigenvalue weighted by Gasteiger charge is 2.64. The van der Waals surface area contributed by atoms with Crippen LogP contribution in [0.15, 0.2) is 22.7 Å². The van der Waals surface area contributed by atoms with Crippen LogP contribution in [0.2, 0.25) is 0 Å². The Kier molecular flexibility index (Phi) is 4.06. The highest BCUT2D eigenvalue weighted by Crippen LogP contribution is 2.57. The molecule has 25 heavy (non-hydrogen) atoms. The minimum Gasteiger partial charge on any atom is -0.462 e. The van der Waals surface area contributed by atoms with E-state index in [0.29, 0.717) is 5.69 Å². The van der Waals surface area contributed by atoms with Gasteiger partial charge in [0.25, 0.3) is 5.91 Å². The summed E-state index contributed by atoms with van der Waals surface area (Å²) in [5.41, 5.74) is 1.63. The van der Waals surface area contributed by atoms with Crippen molar-refractivity contribution in [2.24, 2.45) is 23.7 Å². The van der Waals surface area contributed by atoms with Gasteiger partial charge in [0, 0.05) is 16.1 Å². The molecule has 3 aliphatic rings. The van der Waals surface area contributed by atoms with E-state index in [4.69, 9.17) is 9.47 Å². The fourth-order valence-corrected chi connectivity index (χ4v) is 4.72. The third kappa shape index (κ3) is 2.84. The van der Waals surface area contributed by atoms with Crippen molar-refractivity contribution in [2.75, 3.05) is 11.9 Å². The molecule has 4 rings (SSSR count). The number of carbonyl (C=O) groups is 3. The van der Waals surface area contributed by atoms with E-state index in [1.807, 2.05) is 19.1 Å². The van der Waals surface area contributed by atoms with E-state index in [1.165, 1.54) is 0 Å². The number of fused-ring (bicyclic) bond motifs is 1. The lowest BCUT2D eigenvalue weighted by Gasteiger charge is -2.22. The molecule has 2 bridgehead atoms. The second-order valence-electron chi connectivity index (χ2n) is 7.04. The van der Waals surface area contributed by atoms with Gasteiger partial charge in [-0.15, -0.1) is 0 Å². The number of ether oxygens (including phenoxy) is 2. The minimum atomic E-state index is -0.461. The molecule has 0 aromatic heterocycles. The maximum absolute atomic E-state index is 12.4. The summed E-state index contributed by atoms with van der Waals surface area (Å²) < 4.78 is 11.5. The summed E-state index contributed by atoms with van der Waals surface area (Å²) >= 11 is 3.40. The number of hydrogen-bond donors (Lipinski definition) is 1. The number of esters is 2. The van der Waals surface area contributed by atoms with Crippen LogP contribution in [0.5, 0.6) is 0 Å². The van der Waals surface area contributed by atoms with Crippen molar-refractivity contribution in [1.82, 2.24) is 0 Å². The molecule has 1 aromatic carbocycles. The predicted octanol–water partition coefficient (Wildman–Crippen LogP) is 2.44. The second kappa shape index (κ2) is 6.12. The number of anilines is 1. The maximum Gasteiger partial charge on any atom is 0.310 e. The Morgan fingerprint density at radius 2 is 2.16 bits per heavy atom. The zero-order chi connectivity index (χ0) is 17.7. The van der Waals surface area contributed by atoms with Gasteiger partial charge >= 0.3 is 11.9 Å². The molecular formula is C18H18BrNO5. The monoisotopic (exact) mass is 407 g/mol. The molecule has 0 radical (unpaired) electrons. The lowest BCUT2D eigenvalue weighted by atomic mass is 9.80. The first-order valence-electron chi connectivity index (χ1n) is 8.37. The lowest BCUT2D eigenvalue weighted by Crippen LogP contribution is -2.34. The first-order valence-corrected chi connectivity index (χ1v) is 9.16. The van der Waals surface area contributed by atoms with Gasteiger partial charge in [-0.2, -0.15) is 0 Å². The van der Waals surface area contributed by atoms with Crippen molar-refractivity contribution >= 4 is 39.5 Å². The molecule has 2 saturated carbocycles. The Hall–Kier alpha value is -1.89. The molecule has 1 saturated heterocycles. The van der Waals surface area contributed by atoms with Gasteiger partial charge in [0.2, 0.25) is 0 Å². The summed E-state index contributed by atoms with van der Waals surface area (Å²) in [7, 11) is 0. The zero-order valence-electron chi connectivity index (χ0n) is 13.7. The van der Waals surface area contributed by atoms with Crippen LogP contribution in [0.1, 0.15) is 18.4 Å². The molecule has 1 aromatic rings. The molecule has 7 heteroatoms. The number of amides is 1.